The highest BCUT2D eigenvalue weighted by atomic mass is 16.2. The molecule has 1 aromatic heterocycles. The Hall–Kier alpha value is -2.57. The van der Waals surface area contributed by atoms with Crippen LogP contribution in [0.5, 0.6) is 0 Å². The second kappa shape index (κ2) is 7.13. The highest BCUT2D eigenvalue weighted by Crippen LogP contribution is 2.15. The van der Waals surface area contributed by atoms with Crippen LogP contribution >= 0.6 is 0 Å². The number of fused-ring (bicyclic) bond motifs is 1. The fourth-order valence-corrected chi connectivity index (χ4v) is 3.20. The summed E-state index contributed by atoms with van der Waals surface area (Å²) in [6.45, 7) is 6.50. The molecule has 1 fully saturated rings. The molecule has 0 atom stereocenters. The van der Waals surface area contributed by atoms with Gasteiger partial charge < -0.3 is 19.8 Å². The van der Waals surface area contributed by atoms with Gasteiger partial charge in [-0.25, -0.2) is 4.79 Å². The van der Waals surface area contributed by atoms with Gasteiger partial charge in [-0.1, -0.05) is 13.8 Å². The lowest BCUT2D eigenvalue weighted by atomic mass is 10.1. The Morgan fingerprint density at radius 1 is 1.04 bits per heavy atom. The first-order valence-electron chi connectivity index (χ1n) is 8.73. The number of nitrogens with one attached hydrogen (secondary N) is 2. The summed E-state index contributed by atoms with van der Waals surface area (Å²) in [6.07, 6.45) is 1.32. The third-order valence-corrected chi connectivity index (χ3v) is 4.48. The molecule has 2 amide bonds. The number of H-pyrrole nitrogens is 2. The molecule has 2 N–H and O–H groups in total. The van der Waals surface area contributed by atoms with Gasteiger partial charge in [0, 0.05) is 38.2 Å². The van der Waals surface area contributed by atoms with Crippen LogP contribution in [0.3, 0.4) is 0 Å². The summed E-state index contributed by atoms with van der Waals surface area (Å²) in [5.41, 5.74) is 1.57. The van der Waals surface area contributed by atoms with Crippen molar-refractivity contribution in [2.75, 3.05) is 26.2 Å². The standard InChI is InChI=1S/C18H24N4O3/c1-12(2)10-16(23)21-6-3-7-22(9-8-21)17(24)13-4-5-14-15(11-13)20-18(25)19-14/h4-5,11-12H,3,6-10H2,1-2H3,(H2,19,20,25). The lowest BCUT2D eigenvalue weighted by Gasteiger charge is -2.23. The van der Waals surface area contributed by atoms with Crippen molar-refractivity contribution in [2.45, 2.75) is 26.7 Å². The van der Waals surface area contributed by atoms with Crippen molar-refractivity contribution < 1.29 is 9.59 Å². The van der Waals surface area contributed by atoms with E-state index in [1.165, 1.54) is 0 Å². The van der Waals surface area contributed by atoms with E-state index >= 15 is 0 Å². The maximum atomic E-state index is 12.8. The maximum absolute atomic E-state index is 12.8. The monoisotopic (exact) mass is 344 g/mol. The lowest BCUT2D eigenvalue weighted by Crippen LogP contribution is -2.37. The Morgan fingerprint density at radius 2 is 1.72 bits per heavy atom. The Balaban J connectivity index is 1.69. The third kappa shape index (κ3) is 3.92. The number of aromatic amines is 2. The molecule has 1 aliphatic heterocycles. The Kier molecular flexibility index (Phi) is 4.92. The van der Waals surface area contributed by atoms with Gasteiger partial charge >= 0.3 is 5.69 Å². The first kappa shape index (κ1) is 17.3. The molecule has 0 spiro atoms. The molecule has 25 heavy (non-hydrogen) atoms. The van der Waals surface area contributed by atoms with Crippen LogP contribution in [0, 0.1) is 5.92 Å². The van der Waals surface area contributed by atoms with E-state index in [0.717, 1.165) is 6.42 Å². The normalized spacial score (nSPS) is 15.6. The number of aromatic nitrogens is 2. The fourth-order valence-electron chi connectivity index (χ4n) is 3.20. The summed E-state index contributed by atoms with van der Waals surface area (Å²) in [5.74, 6) is 0.432. The van der Waals surface area contributed by atoms with E-state index in [-0.39, 0.29) is 17.5 Å². The number of rotatable bonds is 3. The molecule has 7 nitrogen and oxygen atoms in total. The van der Waals surface area contributed by atoms with Crippen LogP contribution < -0.4 is 5.69 Å². The van der Waals surface area contributed by atoms with Crippen LogP contribution in [0.2, 0.25) is 0 Å². The van der Waals surface area contributed by atoms with Gasteiger partial charge in [0.05, 0.1) is 11.0 Å². The second-order valence-corrected chi connectivity index (χ2v) is 6.96. The van der Waals surface area contributed by atoms with E-state index in [9.17, 15) is 14.4 Å². The predicted octanol–water partition coefficient (Wildman–Crippen LogP) is 1.58. The van der Waals surface area contributed by atoms with E-state index in [2.05, 4.69) is 9.97 Å². The summed E-state index contributed by atoms with van der Waals surface area (Å²) < 4.78 is 0. The van der Waals surface area contributed by atoms with Gasteiger partial charge in [0.2, 0.25) is 5.91 Å². The topological polar surface area (TPSA) is 89.3 Å². The number of hydrogen-bond acceptors (Lipinski definition) is 3. The minimum absolute atomic E-state index is 0.0675. The molecular formula is C18H24N4O3. The van der Waals surface area contributed by atoms with Crippen molar-refractivity contribution in [3.05, 3.63) is 34.2 Å². The minimum atomic E-state index is -0.284. The quantitative estimate of drug-likeness (QED) is 0.886. The zero-order valence-electron chi connectivity index (χ0n) is 14.7. The number of benzene rings is 1. The minimum Gasteiger partial charge on any atom is -0.341 e. The van der Waals surface area contributed by atoms with Gasteiger partial charge in [-0.3, -0.25) is 9.59 Å². The molecule has 0 bridgehead atoms. The van der Waals surface area contributed by atoms with Crippen LogP contribution in [-0.2, 0) is 4.79 Å². The van der Waals surface area contributed by atoms with Crippen LogP contribution in [0.15, 0.2) is 23.0 Å². The van der Waals surface area contributed by atoms with Crippen molar-refractivity contribution in [1.29, 1.82) is 0 Å². The Morgan fingerprint density at radius 3 is 2.48 bits per heavy atom. The lowest BCUT2D eigenvalue weighted by molar-refractivity contribution is -0.131. The van der Waals surface area contributed by atoms with Crippen LogP contribution in [0.1, 0.15) is 37.0 Å². The van der Waals surface area contributed by atoms with E-state index in [0.29, 0.717) is 55.1 Å². The van der Waals surface area contributed by atoms with Gasteiger partial charge in [-0.2, -0.15) is 0 Å². The maximum Gasteiger partial charge on any atom is 0.323 e. The van der Waals surface area contributed by atoms with Crippen molar-refractivity contribution in [3.63, 3.8) is 0 Å². The molecule has 7 heteroatoms. The Bertz CT molecular complexity index is 836. The molecule has 0 aliphatic carbocycles. The summed E-state index contributed by atoms with van der Waals surface area (Å²) >= 11 is 0. The summed E-state index contributed by atoms with van der Waals surface area (Å²) in [7, 11) is 0. The number of carbonyl (C=O) groups excluding carboxylic acids is 2. The fraction of sp³-hybridized carbons (Fsp3) is 0.500. The number of imidazole rings is 1. The van der Waals surface area contributed by atoms with Crippen LogP contribution in [0.25, 0.3) is 11.0 Å². The first-order chi connectivity index (χ1) is 11.9. The number of carbonyl (C=O) groups is 2. The molecule has 2 aromatic rings. The average Bonchev–Trinajstić information content (AvgIpc) is 2.77. The van der Waals surface area contributed by atoms with E-state index < -0.39 is 0 Å². The van der Waals surface area contributed by atoms with Crippen LogP contribution in [-0.4, -0.2) is 57.8 Å². The SMILES string of the molecule is CC(C)CC(=O)N1CCCN(C(=O)c2ccc3[nH]c(=O)[nH]c3c2)CC1. The molecule has 2 heterocycles. The molecule has 3 rings (SSSR count). The van der Waals surface area contributed by atoms with Crippen molar-refractivity contribution in [2.24, 2.45) is 5.92 Å². The average molecular weight is 344 g/mol. The van der Waals surface area contributed by atoms with E-state index in [1.54, 1.807) is 23.1 Å². The number of hydrogen-bond donors (Lipinski definition) is 2. The van der Waals surface area contributed by atoms with E-state index in [1.807, 2.05) is 18.7 Å². The molecule has 134 valence electrons. The molecule has 0 unspecified atom stereocenters. The van der Waals surface area contributed by atoms with Gasteiger partial charge in [0.25, 0.3) is 5.91 Å². The summed E-state index contributed by atoms with van der Waals surface area (Å²) in [5, 5.41) is 0. The van der Waals surface area contributed by atoms with Crippen molar-refractivity contribution >= 4 is 22.8 Å². The number of amides is 2. The van der Waals surface area contributed by atoms with Gasteiger partial charge in [-0.15, -0.1) is 0 Å². The number of nitrogens with zero attached hydrogens (tertiary/aromatic N) is 2. The largest absolute Gasteiger partial charge is 0.341 e. The van der Waals surface area contributed by atoms with Crippen LogP contribution in [0.4, 0.5) is 0 Å². The molecule has 0 radical (unpaired) electrons. The second-order valence-electron chi connectivity index (χ2n) is 6.96. The molecular weight excluding hydrogens is 320 g/mol. The zero-order valence-corrected chi connectivity index (χ0v) is 14.7. The van der Waals surface area contributed by atoms with Crippen molar-refractivity contribution in [3.8, 4) is 0 Å². The van der Waals surface area contributed by atoms with Gasteiger partial charge in [-0.05, 0) is 30.5 Å². The third-order valence-electron chi connectivity index (χ3n) is 4.48. The van der Waals surface area contributed by atoms with E-state index in [4.69, 9.17) is 0 Å². The molecule has 0 saturated carbocycles. The van der Waals surface area contributed by atoms with Gasteiger partial charge in [0.15, 0.2) is 0 Å². The summed E-state index contributed by atoms with van der Waals surface area (Å²) in [4.78, 5) is 45.4. The first-order valence-corrected chi connectivity index (χ1v) is 8.73. The van der Waals surface area contributed by atoms with Crippen molar-refractivity contribution in [1.82, 2.24) is 19.8 Å². The highest BCUT2D eigenvalue weighted by Gasteiger charge is 2.23. The molecule has 1 saturated heterocycles. The zero-order chi connectivity index (χ0) is 18.0. The van der Waals surface area contributed by atoms with Gasteiger partial charge in [0.1, 0.15) is 0 Å². The summed E-state index contributed by atoms with van der Waals surface area (Å²) in [6, 6.07) is 5.15. The molecule has 1 aromatic carbocycles. The predicted molar refractivity (Wildman–Crippen MR) is 95.5 cm³/mol. The molecule has 1 aliphatic rings. The highest BCUT2D eigenvalue weighted by molar-refractivity contribution is 5.97. The smallest absolute Gasteiger partial charge is 0.323 e. The Labute approximate surface area is 146 Å².